The molecule has 14 heavy (non-hydrogen) atoms. The average Bonchev–Trinajstić information content (AvgIpc) is 2.13. The molecule has 0 heterocycles. The van der Waals surface area contributed by atoms with Crippen LogP contribution < -0.4 is 0 Å². The zero-order chi connectivity index (χ0) is 11.0. The molecule has 0 bridgehead atoms. The van der Waals surface area contributed by atoms with Crippen LogP contribution in [0.3, 0.4) is 0 Å². The van der Waals surface area contributed by atoms with E-state index in [0.717, 1.165) is 0 Å². The molecule has 0 saturated heterocycles. The molecule has 0 aromatic carbocycles. The van der Waals surface area contributed by atoms with Crippen LogP contribution in [0.15, 0.2) is 5.16 Å². The van der Waals surface area contributed by atoms with Gasteiger partial charge >= 0.3 is 11.9 Å². The highest BCUT2D eigenvalue weighted by Crippen LogP contribution is 1.85. The van der Waals surface area contributed by atoms with E-state index in [1.54, 1.807) is 13.8 Å². The third kappa shape index (κ3) is 7.08. The van der Waals surface area contributed by atoms with Crippen LogP contribution in [0.1, 0.15) is 13.8 Å². The van der Waals surface area contributed by atoms with E-state index < -0.39 is 18.5 Å². The Hall–Kier alpha value is -1.59. The molecular weight excluding hydrogens is 190 g/mol. The van der Waals surface area contributed by atoms with Gasteiger partial charge in [-0.15, -0.1) is 0 Å². The van der Waals surface area contributed by atoms with E-state index in [9.17, 15) is 9.59 Å². The van der Waals surface area contributed by atoms with Crippen molar-refractivity contribution in [2.45, 2.75) is 13.8 Å². The number of carbonyl (C=O) groups is 2. The smallest absolute Gasteiger partial charge is 0.347 e. The van der Waals surface area contributed by atoms with Crippen LogP contribution in [0.4, 0.5) is 0 Å². The van der Waals surface area contributed by atoms with E-state index in [1.807, 2.05) is 0 Å². The lowest BCUT2D eigenvalue weighted by atomic mass is 10.5. The third-order valence-corrected chi connectivity index (χ3v) is 1.01. The van der Waals surface area contributed by atoms with Gasteiger partial charge in [0.15, 0.2) is 6.61 Å². The molecular formula is C8H13NO5. The lowest BCUT2D eigenvalue weighted by molar-refractivity contribution is -0.159. The molecule has 80 valence electrons. The van der Waals surface area contributed by atoms with Crippen molar-refractivity contribution >= 4 is 17.7 Å². The molecule has 0 aromatic rings. The first-order valence-electron chi connectivity index (χ1n) is 3.92. The van der Waals surface area contributed by atoms with Crippen LogP contribution in [0.5, 0.6) is 0 Å². The molecule has 0 saturated carbocycles. The minimum Gasteiger partial charge on any atom is -0.466 e. The van der Waals surface area contributed by atoms with Crippen molar-refractivity contribution in [3.63, 3.8) is 0 Å². The van der Waals surface area contributed by atoms with Crippen LogP contribution in [-0.4, -0.2) is 38.0 Å². The van der Waals surface area contributed by atoms with Gasteiger partial charge in [-0.1, -0.05) is 5.16 Å². The summed E-state index contributed by atoms with van der Waals surface area (Å²) in [7, 11) is 1.21. The van der Waals surface area contributed by atoms with Crippen molar-refractivity contribution in [2.24, 2.45) is 5.16 Å². The van der Waals surface area contributed by atoms with Crippen molar-refractivity contribution in [1.29, 1.82) is 0 Å². The summed E-state index contributed by atoms with van der Waals surface area (Å²) in [4.78, 5) is 25.9. The predicted octanol–water partition coefficient (Wildman–Crippen LogP) is 0.115. The second kappa shape index (κ2) is 6.88. The first-order chi connectivity index (χ1) is 6.56. The maximum absolute atomic E-state index is 10.8. The predicted molar refractivity (Wildman–Crippen MR) is 47.7 cm³/mol. The van der Waals surface area contributed by atoms with Crippen molar-refractivity contribution < 1.29 is 23.9 Å². The Balaban J connectivity index is 3.56. The van der Waals surface area contributed by atoms with Crippen LogP contribution in [0.25, 0.3) is 0 Å². The van der Waals surface area contributed by atoms with Gasteiger partial charge in [-0.2, -0.15) is 0 Å². The molecule has 0 N–H and O–H groups in total. The largest absolute Gasteiger partial charge is 0.466 e. The Kier molecular flexibility index (Phi) is 6.09. The normalized spacial score (nSPS) is 8.79. The monoisotopic (exact) mass is 203 g/mol. The summed E-state index contributed by atoms with van der Waals surface area (Å²) in [6.45, 7) is 2.72. The maximum atomic E-state index is 10.8. The maximum Gasteiger partial charge on any atom is 0.347 e. The number of oxime groups is 1. The average molecular weight is 203 g/mol. The molecule has 0 spiro atoms. The van der Waals surface area contributed by atoms with E-state index in [1.165, 1.54) is 7.11 Å². The van der Waals surface area contributed by atoms with Gasteiger partial charge in [-0.05, 0) is 13.8 Å². The fourth-order valence-electron chi connectivity index (χ4n) is 0.454. The molecule has 0 unspecified atom stereocenters. The number of esters is 2. The van der Waals surface area contributed by atoms with Gasteiger partial charge in [0.2, 0.25) is 6.61 Å². The SMILES string of the molecule is COC(=O)COC(=O)CON=C(C)C. The van der Waals surface area contributed by atoms with Crippen LogP contribution in [-0.2, 0) is 23.9 Å². The Labute approximate surface area is 81.8 Å². The van der Waals surface area contributed by atoms with Gasteiger partial charge in [-0.3, -0.25) is 0 Å². The van der Waals surface area contributed by atoms with E-state index >= 15 is 0 Å². The highest BCUT2D eigenvalue weighted by Gasteiger charge is 2.07. The van der Waals surface area contributed by atoms with Crippen molar-refractivity contribution in [1.82, 2.24) is 0 Å². The number of nitrogens with zero attached hydrogens (tertiary/aromatic N) is 1. The summed E-state index contributed by atoms with van der Waals surface area (Å²) < 4.78 is 8.73. The van der Waals surface area contributed by atoms with Gasteiger partial charge < -0.3 is 14.3 Å². The topological polar surface area (TPSA) is 74.2 Å². The van der Waals surface area contributed by atoms with Crippen LogP contribution in [0.2, 0.25) is 0 Å². The fourth-order valence-corrected chi connectivity index (χ4v) is 0.454. The third-order valence-electron chi connectivity index (χ3n) is 1.01. The first kappa shape index (κ1) is 12.4. The Morgan fingerprint density at radius 3 is 2.29 bits per heavy atom. The summed E-state index contributed by atoms with van der Waals surface area (Å²) in [6.07, 6.45) is 0. The van der Waals surface area contributed by atoms with E-state index in [4.69, 9.17) is 0 Å². The van der Waals surface area contributed by atoms with Crippen molar-refractivity contribution in [3.05, 3.63) is 0 Å². The number of rotatable bonds is 5. The van der Waals surface area contributed by atoms with Gasteiger partial charge in [0.05, 0.1) is 12.8 Å². The van der Waals surface area contributed by atoms with Crippen LogP contribution in [0, 0.1) is 0 Å². The summed E-state index contributed by atoms with van der Waals surface area (Å²) in [6, 6.07) is 0. The molecule has 0 aliphatic heterocycles. The van der Waals surface area contributed by atoms with Gasteiger partial charge in [0, 0.05) is 0 Å². The Morgan fingerprint density at radius 2 is 1.79 bits per heavy atom. The van der Waals surface area contributed by atoms with E-state index in [0.29, 0.717) is 5.71 Å². The minimum absolute atomic E-state index is 0.317. The Bertz CT molecular complexity index is 232. The molecule has 0 radical (unpaired) electrons. The lowest BCUT2D eigenvalue weighted by Crippen LogP contribution is -2.18. The van der Waals surface area contributed by atoms with Gasteiger partial charge in [0.25, 0.3) is 0 Å². The zero-order valence-electron chi connectivity index (χ0n) is 8.40. The molecule has 0 fully saturated rings. The second-order valence-corrected chi connectivity index (χ2v) is 2.55. The lowest BCUT2D eigenvalue weighted by Gasteiger charge is -2.02. The van der Waals surface area contributed by atoms with Gasteiger partial charge in [-0.25, -0.2) is 9.59 Å². The number of carbonyl (C=O) groups excluding carboxylic acids is 2. The molecule has 0 aliphatic rings. The second-order valence-electron chi connectivity index (χ2n) is 2.55. The molecule has 0 amide bonds. The summed E-state index contributed by atoms with van der Waals surface area (Å²) in [5, 5.41) is 3.51. The van der Waals surface area contributed by atoms with Crippen molar-refractivity contribution in [2.75, 3.05) is 20.3 Å². The minimum atomic E-state index is -0.666. The summed E-state index contributed by atoms with van der Waals surface area (Å²) in [5.74, 6) is -1.28. The van der Waals surface area contributed by atoms with Crippen molar-refractivity contribution in [3.8, 4) is 0 Å². The number of ether oxygens (including phenoxy) is 2. The summed E-state index contributed by atoms with van der Waals surface area (Å²) >= 11 is 0. The van der Waals surface area contributed by atoms with E-state index in [2.05, 4.69) is 19.5 Å². The zero-order valence-corrected chi connectivity index (χ0v) is 8.40. The summed E-state index contributed by atoms with van der Waals surface area (Å²) in [5.41, 5.74) is 0.686. The molecule has 0 atom stereocenters. The van der Waals surface area contributed by atoms with Gasteiger partial charge in [0.1, 0.15) is 0 Å². The Morgan fingerprint density at radius 1 is 1.14 bits per heavy atom. The fraction of sp³-hybridized carbons (Fsp3) is 0.625. The standard InChI is InChI=1S/C8H13NO5/c1-6(2)9-14-5-8(11)13-4-7(10)12-3/h4-5H2,1-3H3. The quantitative estimate of drug-likeness (QED) is 0.360. The first-order valence-corrected chi connectivity index (χ1v) is 3.92. The number of methoxy groups -OCH3 is 1. The molecule has 6 nitrogen and oxygen atoms in total. The molecule has 0 aliphatic carbocycles. The molecule has 0 rings (SSSR count). The highest BCUT2D eigenvalue weighted by atomic mass is 16.7. The number of hydrogen-bond donors (Lipinski definition) is 0. The molecule has 0 aromatic heterocycles. The molecule has 6 heteroatoms. The van der Waals surface area contributed by atoms with Crippen LogP contribution >= 0.6 is 0 Å². The number of hydrogen-bond acceptors (Lipinski definition) is 6. The highest BCUT2D eigenvalue weighted by molar-refractivity contribution is 5.79. The van der Waals surface area contributed by atoms with E-state index in [-0.39, 0.29) is 6.61 Å².